The van der Waals surface area contributed by atoms with Crippen LogP contribution >= 0.6 is 35.3 Å². The van der Waals surface area contributed by atoms with Gasteiger partial charge in [-0.3, -0.25) is 14.6 Å². The van der Waals surface area contributed by atoms with Crippen molar-refractivity contribution < 1.29 is 9.59 Å². The van der Waals surface area contributed by atoms with Gasteiger partial charge < -0.3 is 20.9 Å². The lowest BCUT2D eigenvalue weighted by Gasteiger charge is -2.20. The van der Waals surface area contributed by atoms with Crippen molar-refractivity contribution in [2.45, 2.75) is 40.2 Å². The first-order chi connectivity index (χ1) is 12.9. The minimum Gasteiger partial charge on any atom is -0.357 e. The second-order valence-electron chi connectivity index (χ2n) is 6.85. The van der Waals surface area contributed by atoms with Gasteiger partial charge in [0.05, 0.1) is 17.7 Å². The average molecular weight is 522 g/mol. The van der Waals surface area contributed by atoms with Crippen LogP contribution in [0.3, 0.4) is 0 Å². The summed E-state index contributed by atoms with van der Waals surface area (Å²) in [5.41, 5.74) is 2.42. The number of aliphatic imine (C=N–C) groups is 1. The van der Waals surface area contributed by atoms with E-state index in [4.69, 9.17) is 0 Å². The maximum atomic E-state index is 12.1. The van der Waals surface area contributed by atoms with Gasteiger partial charge >= 0.3 is 0 Å². The van der Waals surface area contributed by atoms with Gasteiger partial charge in [0.25, 0.3) is 5.91 Å². The molecule has 1 fully saturated rings. The molecule has 1 aromatic rings. The molecule has 1 aliphatic heterocycles. The first-order valence-corrected chi connectivity index (χ1v) is 10.3. The Balaban J connectivity index is 0.00000392. The molecule has 3 N–H and O–H groups in total. The monoisotopic (exact) mass is 522 g/mol. The van der Waals surface area contributed by atoms with E-state index in [0.29, 0.717) is 30.5 Å². The SMILES string of the molecule is CCNC(=NCCNC(=O)c1scnc1C)NC1CCN(C(=O)C(C)C)C1.I. The molecular weight excluding hydrogens is 491 g/mol. The lowest BCUT2D eigenvalue weighted by molar-refractivity contribution is -0.133. The zero-order chi connectivity index (χ0) is 19.8. The van der Waals surface area contributed by atoms with Crippen molar-refractivity contribution in [1.29, 1.82) is 0 Å². The van der Waals surface area contributed by atoms with E-state index in [1.165, 1.54) is 11.3 Å². The summed E-state index contributed by atoms with van der Waals surface area (Å²) in [4.78, 5) is 35.3. The number of carbonyl (C=O) groups excluding carboxylic acids is 2. The van der Waals surface area contributed by atoms with E-state index in [1.54, 1.807) is 5.51 Å². The van der Waals surface area contributed by atoms with Gasteiger partial charge in [0, 0.05) is 38.1 Å². The summed E-state index contributed by atoms with van der Waals surface area (Å²) in [6.45, 7) is 10.8. The third-order valence-corrected chi connectivity index (χ3v) is 5.23. The number of guanidine groups is 1. The molecule has 2 amide bonds. The van der Waals surface area contributed by atoms with E-state index in [-0.39, 0.29) is 47.8 Å². The number of thiazole rings is 1. The lowest BCUT2D eigenvalue weighted by Crippen LogP contribution is -2.45. The molecular formula is C18H31IN6O2S. The molecule has 1 aliphatic rings. The van der Waals surface area contributed by atoms with Crippen LogP contribution in [-0.4, -0.2) is 66.4 Å². The first-order valence-electron chi connectivity index (χ1n) is 9.44. The number of halogens is 1. The van der Waals surface area contributed by atoms with Crippen LogP contribution in [-0.2, 0) is 4.79 Å². The number of likely N-dealkylation sites (tertiary alicyclic amines) is 1. The second-order valence-corrected chi connectivity index (χ2v) is 7.71. The van der Waals surface area contributed by atoms with Crippen molar-refractivity contribution >= 4 is 53.1 Å². The summed E-state index contributed by atoms with van der Waals surface area (Å²) in [5.74, 6) is 0.824. The Labute approximate surface area is 188 Å². The van der Waals surface area contributed by atoms with Crippen LogP contribution in [0, 0.1) is 12.8 Å². The summed E-state index contributed by atoms with van der Waals surface area (Å²) in [6.07, 6.45) is 0.907. The van der Waals surface area contributed by atoms with Crippen LogP contribution in [0.4, 0.5) is 0 Å². The third kappa shape index (κ3) is 7.19. The molecule has 0 radical (unpaired) electrons. The van der Waals surface area contributed by atoms with Gasteiger partial charge in [-0.25, -0.2) is 4.98 Å². The number of nitrogens with zero attached hydrogens (tertiary/aromatic N) is 3. The van der Waals surface area contributed by atoms with Crippen LogP contribution in [0.1, 0.15) is 42.6 Å². The van der Waals surface area contributed by atoms with Crippen LogP contribution in [0.15, 0.2) is 10.5 Å². The average Bonchev–Trinajstić information content (AvgIpc) is 3.26. The van der Waals surface area contributed by atoms with Gasteiger partial charge in [0.2, 0.25) is 5.91 Å². The van der Waals surface area contributed by atoms with Crippen LogP contribution in [0.2, 0.25) is 0 Å². The molecule has 0 spiro atoms. The normalized spacial score (nSPS) is 16.7. The molecule has 1 unspecified atom stereocenters. The third-order valence-electron chi connectivity index (χ3n) is 4.30. The minimum absolute atomic E-state index is 0. The molecule has 0 aromatic carbocycles. The standard InChI is InChI=1S/C18H30N6O2S.HI/c1-5-19-18(23-14-6-9-24(10-14)17(26)12(2)3)21-8-7-20-16(25)15-13(4)22-11-27-15;/h11-12,14H,5-10H2,1-4H3,(H,20,25)(H2,19,21,23);1H. The highest BCUT2D eigenvalue weighted by atomic mass is 127. The summed E-state index contributed by atoms with van der Waals surface area (Å²) in [6, 6.07) is 0.194. The minimum atomic E-state index is -0.109. The van der Waals surface area contributed by atoms with E-state index in [9.17, 15) is 9.59 Å². The fourth-order valence-electron chi connectivity index (χ4n) is 2.89. The fraction of sp³-hybridized carbons (Fsp3) is 0.667. The van der Waals surface area contributed by atoms with E-state index in [1.807, 2.05) is 32.6 Å². The van der Waals surface area contributed by atoms with Crippen molar-refractivity contribution in [2.24, 2.45) is 10.9 Å². The van der Waals surface area contributed by atoms with Crippen molar-refractivity contribution in [3.05, 3.63) is 16.1 Å². The van der Waals surface area contributed by atoms with Gasteiger partial charge in [0.1, 0.15) is 4.88 Å². The molecule has 2 rings (SSSR count). The van der Waals surface area contributed by atoms with Crippen LogP contribution < -0.4 is 16.0 Å². The van der Waals surface area contributed by atoms with Crippen molar-refractivity contribution in [1.82, 2.24) is 25.8 Å². The maximum Gasteiger partial charge on any atom is 0.263 e. The Hall–Kier alpha value is -1.43. The zero-order valence-corrected chi connectivity index (χ0v) is 20.1. The van der Waals surface area contributed by atoms with E-state index in [0.717, 1.165) is 25.2 Å². The van der Waals surface area contributed by atoms with Gasteiger partial charge in [0.15, 0.2) is 5.96 Å². The quantitative estimate of drug-likeness (QED) is 0.219. The zero-order valence-electron chi connectivity index (χ0n) is 16.9. The molecule has 158 valence electrons. The molecule has 0 bridgehead atoms. The van der Waals surface area contributed by atoms with Crippen LogP contribution in [0.5, 0.6) is 0 Å². The van der Waals surface area contributed by atoms with Gasteiger partial charge in [-0.15, -0.1) is 35.3 Å². The van der Waals surface area contributed by atoms with Gasteiger partial charge in [-0.2, -0.15) is 0 Å². The Morgan fingerprint density at radius 3 is 2.75 bits per heavy atom. The smallest absolute Gasteiger partial charge is 0.263 e. The Bertz CT molecular complexity index is 679. The largest absolute Gasteiger partial charge is 0.357 e. The molecule has 0 aliphatic carbocycles. The Morgan fingerprint density at radius 2 is 2.14 bits per heavy atom. The molecule has 1 aromatic heterocycles. The Morgan fingerprint density at radius 1 is 1.39 bits per heavy atom. The number of rotatable bonds is 7. The highest BCUT2D eigenvalue weighted by molar-refractivity contribution is 14.0. The number of aromatic nitrogens is 1. The summed E-state index contributed by atoms with van der Waals surface area (Å²) >= 11 is 1.34. The van der Waals surface area contributed by atoms with E-state index >= 15 is 0 Å². The van der Waals surface area contributed by atoms with Crippen molar-refractivity contribution in [3.8, 4) is 0 Å². The highest BCUT2D eigenvalue weighted by Crippen LogP contribution is 2.13. The molecule has 10 heteroatoms. The van der Waals surface area contributed by atoms with E-state index in [2.05, 4.69) is 25.9 Å². The summed E-state index contributed by atoms with van der Waals surface area (Å²) in [5, 5.41) is 9.47. The fourth-order valence-corrected chi connectivity index (χ4v) is 3.61. The number of carbonyl (C=O) groups is 2. The van der Waals surface area contributed by atoms with Crippen molar-refractivity contribution in [3.63, 3.8) is 0 Å². The number of nitrogens with one attached hydrogen (secondary N) is 3. The molecule has 1 saturated heterocycles. The predicted molar refractivity (Wildman–Crippen MR) is 124 cm³/mol. The second kappa shape index (κ2) is 12.2. The lowest BCUT2D eigenvalue weighted by atomic mass is 10.2. The summed E-state index contributed by atoms with van der Waals surface area (Å²) in [7, 11) is 0. The topological polar surface area (TPSA) is 98.7 Å². The maximum absolute atomic E-state index is 12.1. The number of hydrogen-bond acceptors (Lipinski definition) is 5. The number of aryl methyl sites for hydroxylation is 1. The van der Waals surface area contributed by atoms with Gasteiger partial charge in [-0.05, 0) is 20.3 Å². The number of amides is 2. The molecule has 1 atom stereocenters. The molecule has 2 heterocycles. The van der Waals surface area contributed by atoms with Crippen molar-refractivity contribution in [2.75, 3.05) is 32.7 Å². The van der Waals surface area contributed by atoms with E-state index < -0.39 is 0 Å². The molecule has 0 saturated carbocycles. The number of hydrogen-bond donors (Lipinski definition) is 3. The Kier molecular flexibility index (Phi) is 10.7. The van der Waals surface area contributed by atoms with Gasteiger partial charge in [-0.1, -0.05) is 13.8 Å². The predicted octanol–water partition coefficient (Wildman–Crippen LogP) is 1.61. The van der Waals surface area contributed by atoms with Crippen LogP contribution in [0.25, 0.3) is 0 Å². The molecule has 28 heavy (non-hydrogen) atoms. The highest BCUT2D eigenvalue weighted by Gasteiger charge is 2.27. The summed E-state index contributed by atoms with van der Waals surface area (Å²) < 4.78 is 0. The molecule has 8 nitrogen and oxygen atoms in total. The first kappa shape index (κ1) is 24.6.